The van der Waals surface area contributed by atoms with E-state index in [2.05, 4.69) is 30.5 Å². The van der Waals surface area contributed by atoms with Crippen molar-refractivity contribution in [3.63, 3.8) is 0 Å². The third-order valence-electron chi connectivity index (χ3n) is 6.23. The first kappa shape index (κ1) is 22.4. The van der Waals surface area contributed by atoms with Crippen molar-refractivity contribution in [3.05, 3.63) is 93.3 Å². The fraction of sp³-hybridized carbons (Fsp3) is 0.259. The normalized spacial score (nSPS) is 15.2. The van der Waals surface area contributed by atoms with Crippen LogP contribution in [0.1, 0.15) is 40.8 Å². The Hall–Kier alpha value is -3.80. The van der Waals surface area contributed by atoms with Gasteiger partial charge in [-0.25, -0.2) is 4.79 Å². The number of hydrogen-bond acceptors (Lipinski definition) is 4. The maximum atomic E-state index is 13.4. The van der Waals surface area contributed by atoms with Crippen molar-refractivity contribution in [2.45, 2.75) is 41.2 Å². The SMILES string of the molecule is COC(=O)C1=C(C)N(Cc2ccco2)C(=O)C1=Cc1cc(C)n(-c2c(C)cccc2C)c1C. The van der Waals surface area contributed by atoms with Gasteiger partial charge in [0.05, 0.1) is 36.8 Å². The Balaban J connectivity index is 1.83. The van der Waals surface area contributed by atoms with Crippen LogP contribution in [0.15, 0.2) is 63.9 Å². The van der Waals surface area contributed by atoms with Crippen molar-refractivity contribution < 1.29 is 18.7 Å². The molecule has 170 valence electrons. The Morgan fingerprint density at radius 2 is 1.76 bits per heavy atom. The van der Waals surface area contributed by atoms with Gasteiger partial charge >= 0.3 is 5.97 Å². The summed E-state index contributed by atoms with van der Waals surface area (Å²) in [6.07, 6.45) is 3.36. The zero-order valence-electron chi connectivity index (χ0n) is 19.9. The summed E-state index contributed by atoms with van der Waals surface area (Å²) in [7, 11) is 1.33. The third-order valence-corrected chi connectivity index (χ3v) is 6.23. The molecule has 2 aromatic heterocycles. The molecule has 3 aromatic rings. The lowest BCUT2D eigenvalue weighted by atomic mass is 10.0. The van der Waals surface area contributed by atoms with Crippen LogP contribution in [0.4, 0.5) is 0 Å². The summed E-state index contributed by atoms with van der Waals surface area (Å²) < 4.78 is 12.6. The summed E-state index contributed by atoms with van der Waals surface area (Å²) >= 11 is 0. The molecule has 0 aliphatic carbocycles. The highest BCUT2D eigenvalue weighted by molar-refractivity contribution is 6.16. The van der Waals surface area contributed by atoms with E-state index in [9.17, 15) is 9.59 Å². The van der Waals surface area contributed by atoms with Crippen LogP contribution in [0.3, 0.4) is 0 Å². The van der Waals surface area contributed by atoms with Crippen molar-refractivity contribution in [2.75, 3.05) is 7.11 Å². The lowest BCUT2D eigenvalue weighted by molar-refractivity contribution is -0.136. The van der Waals surface area contributed by atoms with Gasteiger partial charge in [0.1, 0.15) is 5.76 Å². The number of allylic oxidation sites excluding steroid dienone is 1. The monoisotopic (exact) mass is 444 g/mol. The first-order valence-corrected chi connectivity index (χ1v) is 10.9. The summed E-state index contributed by atoms with van der Waals surface area (Å²) in [6.45, 7) is 10.3. The van der Waals surface area contributed by atoms with E-state index >= 15 is 0 Å². The maximum Gasteiger partial charge on any atom is 0.340 e. The topological polar surface area (TPSA) is 64.7 Å². The van der Waals surface area contributed by atoms with Crippen LogP contribution in [0.5, 0.6) is 0 Å². The lowest BCUT2D eigenvalue weighted by Crippen LogP contribution is -2.24. The summed E-state index contributed by atoms with van der Waals surface area (Å²) in [5.41, 5.74) is 7.57. The summed E-state index contributed by atoms with van der Waals surface area (Å²) in [5.74, 6) is -0.139. The number of rotatable bonds is 5. The number of carbonyl (C=O) groups is 2. The van der Waals surface area contributed by atoms with Crippen molar-refractivity contribution in [2.24, 2.45) is 0 Å². The number of methoxy groups -OCH3 is 1. The Morgan fingerprint density at radius 1 is 1.06 bits per heavy atom. The van der Waals surface area contributed by atoms with E-state index < -0.39 is 5.97 Å². The van der Waals surface area contributed by atoms with Crippen molar-refractivity contribution >= 4 is 18.0 Å². The first-order valence-electron chi connectivity index (χ1n) is 10.9. The number of ether oxygens (including phenoxy) is 1. The van der Waals surface area contributed by atoms with Gasteiger partial charge in [-0.3, -0.25) is 4.79 Å². The van der Waals surface area contributed by atoms with Crippen molar-refractivity contribution in [1.82, 2.24) is 9.47 Å². The van der Waals surface area contributed by atoms with Gasteiger partial charge in [0.25, 0.3) is 5.91 Å². The molecule has 0 N–H and O–H groups in total. The molecule has 1 amide bonds. The molecule has 6 heteroatoms. The second-order valence-corrected chi connectivity index (χ2v) is 8.38. The van der Waals surface area contributed by atoms with Gasteiger partial charge in [-0.2, -0.15) is 0 Å². The van der Waals surface area contributed by atoms with Gasteiger partial charge in [0.15, 0.2) is 0 Å². The van der Waals surface area contributed by atoms with E-state index in [1.54, 1.807) is 36.3 Å². The Morgan fingerprint density at radius 3 is 2.36 bits per heavy atom. The van der Waals surface area contributed by atoms with Crippen LogP contribution in [-0.4, -0.2) is 28.5 Å². The smallest absolute Gasteiger partial charge is 0.340 e. The highest BCUT2D eigenvalue weighted by Gasteiger charge is 2.37. The highest BCUT2D eigenvalue weighted by atomic mass is 16.5. The number of benzene rings is 1. The Labute approximate surface area is 193 Å². The second-order valence-electron chi connectivity index (χ2n) is 8.38. The number of aryl methyl sites for hydroxylation is 3. The van der Waals surface area contributed by atoms with Crippen LogP contribution in [-0.2, 0) is 20.9 Å². The van der Waals surface area contributed by atoms with Crippen LogP contribution in [0.25, 0.3) is 11.8 Å². The summed E-state index contributed by atoms with van der Waals surface area (Å²) in [5, 5.41) is 0. The van der Waals surface area contributed by atoms with E-state index in [-0.39, 0.29) is 18.0 Å². The zero-order chi connectivity index (χ0) is 23.9. The van der Waals surface area contributed by atoms with Crippen LogP contribution in [0, 0.1) is 27.7 Å². The van der Waals surface area contributed by atoms with Gasteiger partial charge in [-0.1, -0.05) is 18.2 Å². The largest absolute Gasteiger partial charge is 0.467 e. The molecule has 1 aromatic carbocycles. The third kappa shape index (κ3) is 3.82. The first-order chi connectivity index (χ1) is 15.7. The minimum absolute atomic E-state index is 0.247. The van der Waals surface area contributed by atoms with Gasteiger partial charge < -0.3 is 18.6 Å². The van der Waals surface area contributed by atoms with E-state index in [1.165, 1.54) is 18.2 Å². The highest BCUT2D eigenvalue weighted by Crippen LogP contribution is 2.34. The number of para-hydroxylation sites is 1. The molecule has 0 spiro atoms. The van der Waals surface area contributed by atoms with E-state index in [0.717, 1.165) is 22.6 Å². The molecule has 0 saturated heterocycles. The standard InChI is InChI=1S/C27H28N2O4/c1-16-9-7-10-17(2)25(16)29-18(3)13-21(19(29)4)14-23-24(27(31)32-6)20(5)28(26(23)30)15-22-11-8-12-33-22/h7-14H,15H2,1-6H3. The number of hydrogen-bond donors (Lipinski definition) is 0. The van der Waals surface area contributed by atoms with Crippen molar-refractivity contribution in [3.8, 4) is 5.69 Å². The zero-order valence-corrected chi connectivity index (χ0v) is 19.9. The maximum absolute atomic E-state index is 13.4. The molecule has 4 rings (SSSR count). The molecule has 6 nitrogen and oxygen atoms in total. The minimum atomic E-state index is -0.530. The van der Waals surface area contributed by atoms with E-state index in [4.69, 9.17) is 9.15 Å². The number of esters is 1. The predicted molar refractivity (Wildman–Crippen MR) is 127 cm³/mol. The van der Waals surface area contributed by atoms with E-state index in [1.807, 2.05) is 26.0 Å². The molecule has 0 unspecified atom stereocenters. The molecular weight excluding hydrogens is 416 g/mol. The van der Waals surface area contributed by atoms with Crippen LogP contribution >= 0.6 is 0 Å². The molecule has 33 heavy (non-hydrogen) atoms. The summed E-state index contributed by atoms with van der Waals surface area (Å²) in [4.78, 5) is 27.6. The predicted octanol–water partition coefficient (Wildman–Crippen LogP) is 5.18. The molecule has 1 aliphatic rings. The van der Waals surface area contributed by atoms with Gasteiger partial charge in [-0.05, 0) is 75.6 Å². The average molecular weight is 445 g/mol. The molecule has 0 saturated carbocycles. The number of amides is 1. The lowest BCUT2D eigenvalue weighted by Gasteiger charge is -2.16. The molecular formula is C27H28N2O4. The molecule has 0 radical (unpaired) electrons. The van der Waals surface area contributed by atoms with Gasteiger partial charge in [0.2, 0.25) is 0 Å². The molecule has 1 aliphatic heterocycles. The van der Waals surface area contributed by atoms with Crippen molar-refractivity contribution in [1.29, 1.82) is 0 Å². The number of furan rings is 1. The quantitative estimate of drug-likeness (QED) is 0.402. The van der Waals surface area contributed by atoms with Gasteiger partial charge in [0, 0.05) is 17.1 Å². The molecule has 3 heterocycles. The Kier molecular flexibility index (Phi) is 5.85. The minimum Gasteiger partial charge on any atom is -0.467 e. The fourth-order valence-electron chi connectivity index (χ4n) is 4.57. The van der Waals surface area contributed by atoms with Crippen LogP contribution in [0.2, 0.25) is 0 Å². The van der Waals surface area contributed by atoms with Crippen LogP contribution < -0.4 is 0 Å². The van der Waals surface area contributed by atoms with Gasteiger partial charge in [-0.15, -0.1) is 0 Å². The molecule has 0 bridgehead atoms. The fourth-order valence-corrected chi connectivity index (χ4v) is 4.57. The number of aromatic nitrogens is 1. The van der Waals surface area contributed by atoms with E-state index in [0.29, 0.717) is 17.0 Å². The molecule has 0 fully saturated rings. The Bertz CT molecular complexity index is 1290. The number of carbonyl (C=O) groups excluding carboxylic acids is 2. The molecule has 0 atom stereocenters. The average Bonchev–Trinajstić information content (AvgIpc) is 3.44. The second kappa shape index (κ2) is 8.62. The summed E-state index contributed by atoms with van der Waals surface area (Å²) in [6, 6.07) is 11.8. The number of nitrogens with zero attached hydrogens (tertiary/aromatic N) is 2.